The summed E-state index contributed by atoms with van der Waals surface area (Å²) in [5, 5.41) is 15.3. The summed E-state index contributed by atoms with van der Waals surface area (Å²) in [7, 11) is 3.25. The van der Waals surface area contributed by atoms with Crippen LogP contribution < -0.4 is 9.47 Å². The number of amides is 1. The summed E-state index contributed by atoms with van der Waals surface area (Å²) in [4.78, 5) is 14.4. The van der Waals surface area contributed by atoms with Crippen molar-refractivity contribution in [1.29, 1.82) is 5.26 Å². The lowest BCUT2D eigenvalue weighted by molar-refractivity contribution is 0.0868. The topological polar surface area (TPSA) is 89.6 Å². The van der Waals surface area contributed by atoms with Crippen molar-refractivity contribution in [3.63, 3.8) is 0 Å². The van der Waals surface area contributed by atoms with Crippen LogP contribution in [0.15, 0.2) is 78.9 Å². The van der Waals surface area contributed by atoms with Crippen molar-refractivity contribution in [2.75, 3.05) is 27.3 Å². The fourth-order valence-electron chi connectivity index (χ4n) is 4.90. The molecule has 5 rings (SSSR count). The van der Waals surface area contributed by atoms with Gasteiger partial charge in [0.25, 0.3) is 0 Å². The molecule has 1 fully saturated rings. The van der Waals surface area contributed by atoms with E-state index in [0.29, 0.717) is 31.5 Å². The Morgan fingerprint density at radius 1 is 0.923 bits per heavy atom. The highest BCUT2D eigenvalue weighted by Gasteiger charge is 2.31. The molecule has 1 saturated heterocycles. The van der Waals surface area contributed by atoms with Crippen LogP contribution >= 0.6 is 0 Å². The molecule has 0 unspecified atom stereocenters. The highest BCUT2D eigenvalue weighted by Crippen LogP contribution is 2.37. The van der Waals surface area contributed by atoms with E-state index >= 15 is 0 Å². The molecule has 2 heterocycles. The summed E-state index contributed by atoms with van der Waals surface area (Å²) < 4.78 is 18.0. The third-order valence-corrected chi connectivity index (χ3v) is 7.05. The van der Waals surface area contributed by atoms with Gasteiger partial charge < -0.3 is 19.1 Å². The van der Waals surface area contributed by atoms with Crippen LogP contribution in [-0.4, -0.2) is 48.1 Å². The molecule has 39 heavy (non-hydrogen) atoms. The van der Waals surface area contributed by atoms with E-state index in [1.54, 1.807) is 19.1 Å². The zero-order valence-corrected chi connectivity index (χ0v) is 22.0. The highest BCUT2D eigenvalue weighted by atomic mass is 16.6. The van der Waals surface area contributed by atoms with Gasteiger partial charge in [-0.05, 0) is 66.9 Å². The molecule has 1 aliphatic rings. The van der Waals surface area contributed by atoms with E-state index in [1.807, 2.05) is 83.5 Å². The predicted octanol–water partition coefficient (Wildman–Crippen LogP) is 5.94. The molecule has 198 valence electrons. The maximum Gasteiger partial charge on any atom is 0.410 e. The van der Waals surface area contributed by atoms with Crippen molar-refractivity contribution in [2.45, 2.75) is 25.4 Å². The van der Waals surface area contributed by atoms with Crippen molar-refractivity contribution in [3.8, 4) is 34.5 Å². The molecule has 0 N–H and O–H groups in total. The molecular formula is C31H30N4O4. The van der Waals surface area contributed by atoms with E-state index in [0.717, 1.165) is 39.7 Å². The minimum Gasteiger partial charge on any atom is -0.497 e. The van der Waals surface area contributed by atoms with Crippen LogP contribution in [0.5, 0.6) is 11.5 Å². The Kier molecular flexibility index (Phi) is 7.78. The predicted molar refractivity (Wildman–Crippen MR) is 147 cm³/mol. The summed E-state index contributed by atoms with van der Waals surface area (Å²) in [6.07, 6.45) is 1.06. The third kappa shape index (κ3) is 5.58. The first-order valence-electron chi connectivity index (χ1n) is 12.9. The minimum atomic E-state index is -0.319. The number of rotatable bonds is 7. The second-order valence-electron chi connectivity index (χ2n) is 9.36. The van der Waals surface area contributed by atoms with Crippen LogP contribution in [-0.2, 0) is 11.3 Å². The number of ether oxygens (including phenoxy) is 3. The zero-order valence-electron chi connectivity index (χ0n) is 22.0. The normalized spacial score (nSPS) is 13.5. The largest absolute Gasteiger partial charge is 0.497 e. The summed E-state index contributed by atoms with van der Waals surface area (Å²) >= 11 is 0. The van der Waals surface area contributed by atoms with Crippen molar-refractivity contribution < 1.29 is 19.0 Å². The molecule has 0 saturated carbocycles. The Morgan fingerprint density at radius 3 is 2.13 bits per heavy atom. The number of benzene rings is 3. The van der Waals surface area contributed by atoms with Crippen LogP contribution in [0.4, 0.5) is 4.79 Å². The Bertz CT molecular complexity index is 1450. The van der Waals surface area contributed by atoms with Gasteiger partial charge in [-0.25, -0.2) is 9.48 Å². The number of nitriles is 1. The summed E-state index contributed by atoms with van der Waals surface area (Å²) in [6, 6.07) is 27.3. The van der Waals surface area contributed by atoms with Gasteiger partial charge in [-0.1, -0.05) is 30.3 Å². The Morgan fingerprint density at radius 2 is 1.54 bits per heavy atom. The average molecular weight is 523 g/mol. The molecule has 8 nitrogen and oxygen atoms in total. The lowest BCUT2D eigenvalue weighted by Crippen LogP contribution is -2.38. The first-order chi connectivity index (χ1) is 19.1. The van der Waals surface area contributed by atoms with Crippen LogP contribution in [0, 0.1) is 11.3 Å². The van der Waals surface area contributed by atoms with Crippen LogP contribution in [0.3, 0.4) is 0 Å². The SMILES string of the molecule is COc1ccc(-c2c(C#N)c(C3CCN(C(=O)OCc4ccccc4)CC3)nn2-c2ccc(OC)cc2)cc1. The van der Waals surface area contributed by atoms with Crippen LogP contribution in [0.2, 0.25) is 0 Å². The van der Waals surface area contributed by atoms with Crippen LogP contribution in [0.1, 0.15) is 35.6 Å². The van der Waals surface area contributed by atoms with E-state index in [2.05, 4.69) is 6.07 Å². The Balaban J connectivity index is 1.40. The van der Waals surface area contributed by atoms with E-state index in [-0.39, 0.29) is 18.6 Å². The molecule has 4 aromatic rings. The fraction of sp³-hybridized carbons (Fsp3) is 0.258. The fourth-order valence-corrected chi connectivity index (χ4v) is 4.90. The monoisotopic (exact) mass is 522 g/mol. The Hall–Kier alpha value is -4.77. The van der Waals surface area contributed by atoms with Gasteiger partial charge in [0.1, 0.15) is 29.7 Å². The van der Waals surface area contributed by atoms with Gasteiger partial charge in [-0.15, -0.1) is 0 Å². The van der Waals surface area contributed by atoms with E-state index < -0.39 is 0 Å². The van der Waals surface area contributed by atoms with Gasteiger partial charge >= 0.3 is 6.09 Å². The first kappa shape index (κ1) is 25.9. The average Bonchev–Trinajstić information content (AvgIpc) is 3.40. The molecule has 1 aromatic heterocycles. The molecule has 1 amide bonds. The van der Waals surface area contributed by atoms with Gasteiger partial charge in [0.05, 0.1) is 31.3 Å². The number of hydrogen-bond acceptors (Lipinski definition) is 6. The van der Waals surface area contributed by atoms with Gasteiger partial charge in [0.2, 0.25) is 0 Å². The smallest absolute Gasteiger partial charge is 0.410 e. The zero-order chi connectivity index (χ0) is 27.2. The number of piperidine rings is 1. The number of nitrogens with zero attached hydrogens (tertiary/aromatic N) is 4. The van der Waals surface area contributed by atoms with Gasteiger partial charge in [-0.2, -0.15) is 10.4 Å². The molecular weight excluding hydrogens is 492 g/mol. The second kappa shape index (κ2) is 11.7. The van der Waals surface area contributed by atoms with E-state index in [4.69, 9.17) is 19.3 Å². The number of likely N-dealkylation sites (tertiary alicyclic amines) is 1. The summed E-state index contributed by atoms with van der Waals surface area (Å²) in [5.41, 5.74) is 4.66. The van der Waals surface area contributed by atoms with Gasteiger partial charge in [0.15, 0.2) is 0 Å². The molecule has 1 aliphatic heterocycles. The number of carbonyl (C=O) groups excluding carboxylic acids is 1. The second-order valence-corrected chi connectivity index (χ2v) is 9.36. The number of aromatic nitrogens is 2. The minimum absolute atomic E-state index is 0.0364. The molecule has 0 radical (unpaired) electrons. The third-order valence-electron chi connectivity index (χ3n) is 7.05. The molecule has 0 bridgehead atoms. The maximum absolute atomic E-state index is 12.7. The van der Waals surface area contributed by atoms with Gasteiger partial charge in [-0.3, -0.25) is 0 Å². The highest BCUT2D eigenvalue weighted by molar-refractivity contribution is 5.72. The quantitative estimate of drug-likeness (QED) is 0.298. The summed E-state index contributed by atoms with van der Waals surface area (Å²) in [5.74, 6) is 1.51. The lowest BCUT2D eigenvalue weighted by atomic mass is 9.90. The first-order valence-corrected chi connectivity index (χ1v) is 12.9. The van der Waals surface area contributed by atoms with Crippen LogP contribution in [0.25, 0.3) is 16.9 Å². The standard InChI is InChI=1S/C31H30N4O4/c1-37-26-12-8-24(9-13-26)30-28(20-32)29(33-35(30)25-10-14-27(38-2)15-11-25)23-16-18-34(19-17-23)31(36)39-21-22-6-4-3-5-7-22/h3-15,23H,16-19,21H2,1-2H3. The van der Waals surface area contributed by atoms with E-state index in [9.17, 15) is 10.1 Å². The molecule has 0 atom stereocenters. The van der Waals surface area contributed by atoms with Gasteiger partial charge in [0, 0.05) is 24.6 Å². The number of hydrogen-bond donors (Lipinski definition) is 0. The van der Waals surface area contributed by atoms with Crippen molar-refractivity contribution >= 4 is 6.09 Å². The molecule has 3 aromatic carbocycles. The molecule has 8 heteroatoms. The maximum atomic E-state index is 12.7. The molecule has 0 spiro atoms. The molecule has 0 aliphatic carbocycles. The Labute approximate surface area is 228 Å². The van der Waals surface area contributed by atoms with Crippen molar-refractivity contribution in [2.24, 2.45) is 0 Å². The summed E-state index contributed by atoms with van der Waals surface area (Å²) in [6.45, 7) is 1.32. The lowest BCUT2D eigenvalue weighted by Gasteiger charge is -2.30. The van der Waals surface area contributed by atoms with Crippen molar-refractivity contribution in [3.05, 3.63) is 95.7 Å². The number of carbonyl (C=O) groups is 1. The van der Waals surface area contributed by atoms with Crippen molar-refractivity contribution in [1.82, 2.24) is 14.7 Å². The van der Waals surface area contributed by atoms with E-state index in [1.165, 1.54) is 0 Å². The number of methoxy groups -OCH3 is 2.